The van der Waals surface area contributed by atoms with Gasteiger partial charge < -0.3 is 15.8 Å². The van der Waals surface area contributed by atoms with Crippen LogP contribution in [0.5, 0.6) is 5.75 Å². The lowest BCUT2D eigenvalue weighted by molar-refractivity contribution is 0.210. The normalized spacial score (nSPS) is 11.2. The average molecular weight is 366 g/mol. The van der Waals surface area contributed by atoms with Gasteiger partial charge in [0.2, 0.25) is 0 Å². The number of pyridine rings is 1. The molecular formula is C21H26N4O2. The lowest BCUT2D eigenvalue weighted by Crippen LogP contribution is -2.17. The summed E-state index contributed by atoms with van der Waals surface area (Å²) in [6.07, 6.45) is 0.893. The summed E-state index contributed by atoms with van der Waals surface area (Å²) >= 11 is 0. The van der Waals surface area contributed by atoms with Crippen molar-refractivity contribution in [2.24, 2.45) is 5.73 Å². The van der Waals surface area contributed by atoms with E-state index < -0.39 is 6.09 Å². The molecule has 0 spiro atoms. The summed E-state index contributed by atoms with van der Waals surface area (Å²) in [5.74, 6) is 0.814. The number of carbonyl (C=O) groups excluding carboxylic acids is 1. The number of hydrogen-bond acceptors (Lipinski definition) is 4. The second kappa shape index (κ2) is 7.31. The summed E-state index contributed by atoms with van der Waals surface area (Å²) in [7, 11) is 0. The average Bonchev–Trinajstić information content (AvgIpc) is 2.88. The second-order valence-corrected chi connectivity index (χ2v) is 7.14. The topological polar surface area (TPSA) is 81.6 Å². The van der Waals surface area contributed by atoms with Crippen molar-refractivity contribution in [2.75, 3.05) is 5.32 Å². The van der Waals surface area contributed by atoms with Gasteiger partial charge in [-0.25, -0.2) is 9.78 Å². The molecular weight excluding hydrogens is 340 g/mol. The Morgan fingerprint density at radius 2 is 2.04 bits per heavy atom. The minimum Gasteiger partial charge on any atom is -0.409 e. The van der Waals surface area contributed by atoms with Crippen LogP contribution in [0.15, 0.2) is 30.5 Å². The highest BCUT2D eigenvalue weighted by Gasteiger charge is 2.14. The fourth-order valence-corrected chi connectivity index (χ4v) is 3.34. The van der Waals surface area contributed by atoms with Crippen molar-refractivity contribution in [1.82, 2.24) is 9.38 Å². The van der Waals surface area contributed by atoms with Gasteiger partial charge in [0.05, 0.1) is 17.6 Å². The van der Waals surface area contributed by atoms with Gasteiger partial charge in [-0.05, 0) is 43.4 Å². The van der Waals surface area contributed by atoms with Crippen molar-refractivity contribution < 1.29 is 9.53 Å². The molecule has 6 heteroatoms. The minimum absolute atomic E-state index is 0.381. The molecule has 0 saturated heterocycles. The summed E-state index contributed by atoms with van der Waals surface area (Å²) in [5.41, 5.74) is 12.5. The maximum Gasteiger partial charge on any atom is 0.410 e. The van der Waals surface area contributed by atoms with E-state index in [0.29, 0.717) is 18.2 Å². The molecule has 3 N–H and O–H groups in total. The number of anilines is 1. The van der Waals surface area contributed by atoms with Crippen molar-refractivity contribution >= 4 is 17.4 Å². The minimum atomic E-state index is -0.837. The lowest BCUT2D eigenvalue weighted by Gasteiger charge is -2.17. The van der Waals surface area contributed by atoms with E-state index in [1.807, 2.05) is 18.2 Å². The third kappa shape index (κ3) is 3.74. The largest absolute Gasteiger partial charge is 0.410 e. The second-order valence-electron chi connectivity index (χ2n) is 7.14. The number of nitrogens with zero attached hydrogens (tertiary/aromatic N) is 2. The number of imidazole rings is 1. The van der Waals surface area contributed by atoms with Gasteiger partial charge in [0.25, 0.3) is 0 Å². The predicted octanol–water partition coefficient (Wildman–Crippen LogP) is 4.45. The Morgan fingerprint density at radius 1 is 1.30 bits per heavy atom. The Hall–Kier alpha value is -3.02. The highest BCUT2D eigenvalue weighted by molar-refractivity contribution is 5.73. The fraction of sp³-hybridized carbons (Fsp3) is 0.333. The molecule has 0 bridgehead atoms. The quantitative estimate of drug-likeness (QED) is 0.699. The van der Waals surface area contributed by atoms with Crippen LogP contribution in [0, 0.1) is 20.8 Å². The van der Waals surface area contributed by atoms with Crippen molar-refractivity contribution in [1.29, 1.82) is 0 Å². The van der Waals surface area contributed by atoms with E-state index in [2.05, 4.69) is 49.3 Å². The number of rotatable bonds is 5. The number of aryl methyl sites for hydroxylation is 3. The summed E-state index contributed by atoms with van der Waals surface area (Å²) in [5, 5.41) is 3.48. The van der Waals surface area contributed by atoms with E-state index in [1.54, 1.807) is 12.3 Å². The summed E-state index contributed by atoms with van der Waals surface area (Å²) in [6.45, 7) is 11.1. The Bertz CT molecular complexity index is 1010. The van der Waals surface area contributed by atoms with Crippen LogP contribution in [0.25, 0.3) is 5.65 Å². The zero-order valence-electron chi connectivity index (χ0n) is 16.5. The van der Waals surface area contributed by atoms with Crippen LogP contribution >= 0.6 is 0 Å². The predicted molar refractivity (Wildman–Crippen MR) is 107 cm³/mol. The van der Waals surface area contributed by atoms with E-state index in [4.69, 9.17) is 10.5 Å². The zero-order chi connectivity index (χ0) is 19.7. The first-order valence-electron chi connectivity index (χ1n) is 9.06. The first kappa shape index (κ1) is 18.8. The maximum atomic E-state index is 11.2. The fourth-order valence-electron chi connectivity index (χ4n) is 3.34. The molecule has 0 aliphatic rings. The number of carbonyl (C=O) groups is 1. The lowest BCUT2D eigenvalue weighted by atomic mass is 9.94. The number of ether oxygens (including phenoxy) is 1. The molecule has 27 heavy (non-hydrogen) atoms. The number of fused-ring (bicyclic) bond motifs is 1. The van der Waals surface area contributed by atoms with Crippen LogP contribution in [0.4, 0.5) is 10.5 Å². The molecule has 0 aliphatic carbocycles. The van der Waals surface area contributed by atoms with Gasteiger partial charge in [-0.2, -0.15) is 0 Å². The van der Waals surface area contributed by atoms with E-state index in [1.165, 1.54) is 16.7 Å². The van der Waals surface area contributed by atoms with E-state index >= 15 is 0 Å². The summed E-state index contributed by atoms with van der Waals surface area (Å²) in [4.78, 5) is 15.9. The van der Waals surface area contributed by atoms with Gasteiger partial charge in [0.15, 0.2) is 11.4 Å². The number of nitrogens with one attached hydrogen (secondary N) is 1. The molecule has 0 aliphatic heterocycles. The highest BCUT2D eigenvalue weighted by Crippen LogP contribution is 2.28. The molecule has 0 fully saturated rings. The van der Waals surface area contributed by atoms with Gasteiger partial charge >= 0.3 is 6.09 Å². The van der Waals surface area contributed by atoms with Crippen LogP contribution in [-0.4, -0.2) is 15.5 Å². The van der Waals surface area contributed by atoms with E-state index in [0.717, 1.165) is 22.7 Å². The molecule has 1 amide bonds. The maximum absolute atomic E-state index is 11.2. The van der Waals surface area contributed by atoms with Gasteiger partial charge in [-0.3, -0.25) is 4.40 Å². The Morgan fingerprint density at radius 3 is 2.70 bits per heavy atom. The number of amides is 1. The summed E-state index contributed by atoms with van der Waals surface area (Å²) < 4.78 is 7.03. The van der Waals surface area contributed by atoms with Gasteiger partial charge in [-0.15, -0.1) is 0 Å². The Kier molecular flexibility index (Phi) is 5.08. The molecule has 0 unspecified atom stereocenters. The first-order valence-corrected chi connectivity index (χ1v) is 9.06. The van der Waals surface area contributed by atoms with Gasteiger partial charge in [0, 0.05) is 18.3 Å². The molecule has 1 aromatic carbocycles. The van der Waals surface area contributed by atoms with E-state index in [9.17, 15) is 4.79 Å². The number of primary amides is 1. The SMILES string of the molecule is Cc1cccc(C(C)C)c1CNc1cc(OC(N)=O)cn2c(C)c(C)nc12. The van der Waals surface area contributed by atoms with Crippen LogP contribution in [0.3, 0.4) is 0 Å². The van der Waals surface area contributed by atoms with Crippen molar-refractivity contribution in [3.63, 3.8) is 0 Å². The first-order chi connectivity index (χ1) is 12.8. The zero-order valence-corrected chi connectivity index (χ0v) is 16.5. The Labute approximate surface area is 159 Å². The molecule has 3 rings (SSSR count). The van der Waals surface area contributed by atoms with Gasteiger partial charge in [0.1, 0.15) is 0 Å². The molecule has 2 aromatic heterocycles. The molecule has 3 aromatic rings. The number of nitrogens with two attached hydrogens (primary N) is 1. The smallest absolute Gasteiger partial charge is 0.409 e. The number of hydrogen-bond donors (Lipinski definition) is 2. The number of benzene rings is 1. The van der Waals surface area contributed by atoms with Crippen LogP contribution in [-0.2, 0) is 6.54 Å². The highest BCUT2D eigenvalue weighted by atomic mass is 16.5. The van der Waals surface area contributed by atoms with E-state index in [-0.39, 0.29) is 0 Å². The van der Waals surface area contributed by atoms with Crippen molar-refractivity contribution in [2.45, 2.75) is 47.1 Å². The Balaban J connectivity index is 2.02. The van der Waals surface area contributed by atoms with Crippen LogP contribution in [0.2, 0.25) is 0 Å². The third-order valence-corrected chi connectivity index (χ3v) is 4.91. The molecule has 0 radical (unpaired) electrons. The van der Waals surface area contributed by atoms with Crippen LogP contribution < -0.4 is 15.8 Å². The van der Waals surface area contributed by atoms with Crippen molar-refractivity contribution in [3.05, 3.63) is 58.5 Å². The number of aromatic nitrogens is 2. The summed E-state index contributed by atoms with van der Waals surface area (Å²) in [6, 6.07) is 8.14. The van der Waals surface area contributed by atoms with Crippen LogP contribution in [0.1, 0.15) is 47.8 Å². The molecule has 6 nitrogen and oxygen atoms in total. The third-order valence-electron chi connectivity index (χ3n) is 4.91. The molecule has 0 atom stereocenters. The van der Waals surface area contributed by atoms with Gasteiger partial charge in [-0.1, -0.05) is 32.0 Å². The molecule has 2 heterocycles. The standard InChI is InChI=1S/C21H26N4O2/c1-12(2)17-8-6-7-13(3)18(17)10-23-19-9-16(27-21(22)26)11-25-15(5)14(4)24-20(19)25/h6-9,11-12,23H,10H2,1-5H3,(H2,22,26). The van der Waals surface area contributed by atoms with Crippen molar-refractivity contribution in [3.8, 4) is 5.75 Å². The molecule has 0 saturated carbocycles. The molecule has 142 valence electrons. The monoisotopic (exact) mass is 366 g/mol.